The zero-order valence-corrected chi connectivity index (χ0v) is 13.2. The van der Waals surface area contributed by atoms with Crippen molar-refractivity contribution in [2.45, 2.75) is 64.2 Å². The summed E-state index contributed by atoms with van der Waals surface area (Å²) in [6, 6.07) is 0. The predicted octanol–water partition coefficient (Wildman–Crippen LogP) is 3.05. The van der Waals surface area contributed by atoms with E-state index in [1.807, 2.05) is 0 Å². The van der Waals surface area contributed by atoms with Crippen molar-refractivity contribution in [1.29, 1.82) is 0 Å². The highest BCUT2D eigenvalue weighted by molar-refractivity contribution is 7.80. The molecule has 1 atom stereocenters. The second-order valence-electron chi connectivity index (χ2n) is 5.30. The first-order chi connectivity index (χ1) is 9.61. The average Bonchev–Trinajstić information content (AvgIpc) is 2.41. The van der Waals surface area contributed by atoms with Crippen molar-refractivity contribution in [2.75, 3.05) is 12.3 Å². The standard InChI is InChI=1S/C15H29NO3S/c16-10-7-5-3-1-2-4-6-8-14(17)12-13(9-11-20)15(18)19/h13,20H,1-12,16H2,(H,18,19). The van der Waals surface area contributed by atoms with Gasteiger partial charge in [-0.25, -0.2) is 0 Å². The van der Waals surface area contributed by atoms with Gasteiger partial charge in [0.05, 0.1) is 5.92 Å². The molecule has 0 aliphatic heterocycles. The molecular weight excluding hydrogens is 274 g/mol. The maximum Gasteiger partial charge on any atom is 0.306 e. The molecule has 4 nitrogen and oxygen atoms in total. The van der Waals surface area contributed by atoms with Crippen LogP contribution in [-0.4, -0.2) is 29.2 Å². The summed E-state index contributed by atoms with van der Waals surface area (Å²) in [4.78, 5) is 22.6. The van der Waals surface area contributed by atoms with E-state index in [-0.39, 0.29) is 12.2 Å². The number of rotatable bonds is 14. The van der Waals surface area contributed by atoms with E-state index < -0.39 is 11.9 Å². The molecule has 0 saturated carbocycles. The summed E-state index contributed by atoms with van der Waals surface area (Å²) in [5.74, 6) is -0.863. The van der Waals surface area contributed by atoms with E-state index in [0.29, 0.717) is 18.6 Å². The molecule has 20 heavy (non-hydrogen) atoms. The number of thiol groups is 1. The van der Waals surface area contributed by atoms with Gasteiger partial charge in [0.2, 0.25) is 0 Å². The fourth-order valence-corrected chi connectivity index (χ4v) is 2.51. The quantitative estimate of drug-likeness (QED) is 0.340. The number of Topliss-reactive ketones (excluding diaryl/α,β-unsaturated/α-hetero) is 1. The first-order valence-corrected chi connectivity index (χ1v) is 8.30. The molecular formula is C15H29NO3S. The fraction of sp³-hybridized carbons (Fsp3) is 0.867. The smallest absolute Gasteiger partial charge is 0.306 e. The maximum absolute atomic E-state index is 11.7. The highest BCUT2D eigenvalue weighted by Gasteiger charge is 2.19. The first kappa shape index (κ1) is 19.4. The van der Waals surface area contributed by atoms with Crippen molar-refractivity contribution >= 4 is 24.4 Å². The normalized spacial score (nSPS) is 12.3. The molecule has 0 bridgehead atoms. The second-order valence-corrected chi connectivity index (χ2v) is 5.75. The van der Waals surface area contributed by atoms with Crippen LogP contribution in [0.3, 0.4) is 0 Å². The summed E-state index contributed by atoms with van der Waals surface area (Å²) in [5, 5.41) is 8.97. The predicted molar refractivity (Wildman–Crippen MR) is 85.2 cm³/mol. The summed E-state index contributed by atoms with van der Waals surface area (Å²) >= 11 is 4.03. The Bertz CT molecular complexity index is 272. The van der Waals surface area contributed by atoms with Gasteiger partial charge in [0.15, 0.2) is 0 Å². The number of carbonyl (C=O) groups is 2. The molecule has 0 spiro atoms. The van der Waals surface area contributed by atoms with Crippen LogP contribution in [0.5, 0.6) is 0 Å². The Kier molecular flexibility index (Phi) is 13.1. The van der Waals surface area contributed by atoms with Gasteiger partial charge in [-0.2, -0.15) is 12.6 Å². The molecule has 0 fully saturated rings. The van der Waals surface area contributed by atoms with Gasteiger partial charge in [0, 0.05) is 12.8 Å². The third kappa shape index (κ3) is 11.3. The molecule has 0 heterocycles. The summed E-state index contributed by atoms with van der Waals surface area (Å²) in [6.45, 7) is 0.769. The van der Waals surface area contributed by atoms with Crippen LogP contribution in [0.2, 0.25) is 0 Å². The number of carboxylic acids is 1. The van der Waals surface area contributed by atoms with Gasteiger partial charge in [0.25, 0.3) is 0 Å². The monoisotopic (exact) mass is 303 g/mol. The Labute approximate surface area is 127 Å². The van der Waals surface area contributed by atoms with Gasteiger partial charge in [-0.3, -0.25) is 9.59 Å². The fourth-order valence-electron chi connectivity index (χ4n) is 2.20. The number of nitrogens with two attached hydrogens (primary N) is 1. The van der Waals surface area contributed by atoms with Gasteiger partial charge in [-0.05, 0) is 31.6 Å². The molecule has 0 aromatic carbocycles. The van der Waals surface area contributed by atoms with Gasteiger partial charge >= 0.3 is 5.97 Å². The average molecular weight is 303 g/mol. The van der Waals surface area contributed by atoms with E-state index in [4.69, 9.17) is 10.8 Å². The van der Waals surface area contributed by atoms with Crippen molar-refractivity contribution in [3.8, 4) is 0 Å². The molecule has 0 aromatic heterocycles. The van der Waals surface area contributed by atoms with Crippen molar-refractivity contribution in [1.82, 2.24) is 0 Å². The van der Waals surface area contributed by atoms with E-state index in [9.17, 15) is 9.59 Å². The van der Waals surface area contributed by atoms with Crippen molar-refractivity contribution in [3.05, 3.63) is 0 Å². The zero-order valence-electron chi connectivity index (χ0n) is 12.4. The molecule has 118 valence electrons. The molecule has 0 radical (unpaired) electrons. The third-order valence-electron chi connectivity index (χ3n) is 3.46. The minimum absolute atomic E-state index is 0.0716. The minimum Gasteiger partial charge on any atom is -0.481 e. The molecule has 0 rings (SSSR count). The van der Waals surface area contributed by atoms with Crippen molar-refractivity contribution in [2.24, 2.45) is 11.7 Å². The van der Waals surface area contributed by atoms with Crippen LogP contribution in [0.4, 0.5) is 0 Å². The second kappa shape index (κ2) is 13.4. The largest absolute Gasteiger partial charge is 0.481 e. The third-order valence-corrected chi connectivity index (χ3v) is 3.72. The lowest BCUT2D eigenvalue weighted by atomic mass is 9.97. The van der Waals surface area contributed by atoms with Crippen LogP contribution >= 0.6 is 12.6 Å². The Morgan fingerprint density at radius 3 is 2.05 bits per heavy atom. The molecule has 0 aliphatic rings. The summed E-state index contributed by atoms with van der Waals surface area (Å²) in [6.07, 6.45) is 8.93. The molecule has 0 aromatic rings. The zero-order chi connectivity index (χ0) is 15.2. The highest BCUT2D eigenvalue weighted by atomic mass is 32.1. The number of unbranched alkanes of at least 4 members (excludes halogenated alkanes) is 6. The molecule has 1 unspecified atom stereocenters. The van der Waals surface area contributed by atoms with E-state index in [1.165, 1.54) is 19.3 Å². The van der Waals surface area contributed by atoms with Gasteiger partial charge in [-0.1, -0.05) is 32.1 Å². The molecule has 5 heteroatoms. The molecule has 3 N–H and O–H groups in total. The van der Waals surface area contributed by atoms with Crippen LogP contribution in [-0.2, 0) is 9.59 Å². The summed E-state index contributed by atoms with van der Waals surface area (Å²) < 4.78 is 0. The molecule has 0 amide bonds. The van der Waals surface area contributed by atoms with E-state index in [2.05, 4.69) is 12.6 Å². The number of ketones is 1. The molecule has 0 aliphatic carbocycles. The van der Waals surface area contributed by atoms with Crippen molar-refractivity contribution < 1.29 is 14.7 Å². The lowest BCUT2D eigenvalue weighted by molar-refractivity contribution is -0.143. The number of carboxylic acid groups (broad SMARTS) is 1. The van der Waals surface area contributed by atoms with Crippen molar-refractivity contribution in [3.63, 3.8) is 0 Å². The number of hydrogen-bond acceptors (Lipinski definition) is 4. The lowest BCUT2D eigenvalue weighted by Crippen LogP contribution is -2.18. The topological polar surface area (TPSA) is 80.4 Å². The van der Waals surface area contributed by atoms with Crippen LogP contribution in [0.1, 0.15) is 64.2 Å². The minimum atomic E-state index is -0.882. The number of aliphatic carboxylic acids is 1. The summed E-state index contributed by atoms with van der Waals surface area (Å²) in [5.41, 5.74) is 5.42. The lowest BCUT2D eigenvalue weighted by Gasteiger charge is -2.09. The van der Waals surface area contributed by atoms with Crippen LogP contribution in [0.25, 0.3) is 0 Å². The van der Waals surface area contributed by atoms with E-state index in [1.54, 1.807) is 0 Å². The van der Waals surface area contributed by atoms with Gasteiger partial charge in [0.1, 0.15) is 5.78 Å². The van der Waals surface area contributed by atoms with Gasteiger partial charge in [-0.15, -0.1) is 0 Å². The maximum atomic E-state index is 11.7. The van der Waals surface area contributed by atoms with E-state index >= 15 is 0 Å². The number of hydrogen-bond donors (Lipinski definition) is 3. The summed E-state index contributed by atoms with van der Waals surface area (Å²) in [7, 11) is 0. The van der Waals surface area contributed by atoms with Crippen LogP contribution in [0, 0.1) is 5.92 Å². The van der Waals surface area contributed by atoms with E-state index in [0.717, 1.165) is 32.2 Å². The Hall–Kier alpha value is -0.550. The number of carbonyl (C=O) groups excluding carboxylic acids is 1. The Morgan fingerprint density at radius 1 is 1.00 bits per heavy atom. The molecule has 0 saturated heterocycles. The first-order valence-electron chi connectivity index (χ1n) is 7.67. The van der Waals surface area contributed by atoms with Crippen LogP contribution in [0.15, 0.2) is 0 Å². The Balaban J connectivity index is 3.55. The SMILES string of the molecule is NCCCCCCCCCC(=O)CC(CCS)C(=O)O. The highest BCUT2D eigenvalue weighted by Crippen LogP contribution is 2.14. The Morgan fingerprint density at radius 2 is 1.55 bits per heavy atom. The van der Waals surface area contributed by atoms with Gasteiger partial charge < -0.3 is 10.8 Å². The van der Waals surface area contributed by atoms with Crippen LogP contribution < -0.4 is 5.73 Å².